The molecule has 0 atom stereocenters. The van der Waals surface area contributed by atoms with E-state index in [4.69, 9.17) is 0 Å². The van der Waals surface area contributed by atoms with Gasteiger partial charge in [-0.3, -0.25) is 0 Å². The molecule has 1 heterocycles. The first-order chi connectivity index (χ1) is 5.27. The van der Waals surface area contributed by atoms with Gasteiger partial charge in [0.05, 0.1) is 11.8 Å². The molecule has 0 unspecified atom stereocenters. The van der Waals surface area contributed by atoms with Crippen molar-refractivity contribution < 1.29 is 0 Å². The molecule has 4 heteroatoms. The summed E-state index contributed by atoms with van der Waals surface area (Å²) in [5.41, 5.74) is 2.00. The Balaban J connectivity index is 2.91. The van der Waals surface area contributed by atoms with Gasteiger partial charge in [0.2, 0.25) is 0 Å². The van der Waals surface area contributed by atoms with Crippen LogP contribution in [0.3, 0.4) is 0 Å². The Bertz CT molecular complexity index is 394. The third kappa shape index (κ3) is 1.20. The average Bonchev–Trinajstić information content (AvgIpc) is 2.34. The Morgan fingerprint density at radius 1 is 1.27 bits per heavy atom. The van der Waals surface area contributed by atoms with E-state index < -0.39 is 0 Å². The number of nitrogens with zero attached hydrogens (tertiary/aromatic N) is 1. The fraction of sp³-hybridized carbons (Fsp3) is 0. The SMILES string of the molecule is Brc1cc(Br)c2nc[nH]c2c1. The quantitative estimate of drug-likeness (QED) is 0.786. The van der Waals surface area contributed by atoms with Crippen LogP contribution >= 0.6 is 31.9 Å². The molecule has 11 heavy (non-hydrogen) atoms. The van der Waals surface area contributed by atoms with E-state index in [1.165, 1.54) is 0 Å². The van der Waals surface area contributed by atoms with E-state index in [1.54, 1.807) is 6.33 Å². The second-order valence-corrected chi connectivity index (χ2v) is 3.96. The summed E-state index contributed by atoms with van der Waals surface area (Å²) in [6, 6.07) is 3.97. The Labute approximate surface area is 80.3 Å². The number of nitrogens with one attached hydrogen (secondary N) is 1. The van der Waals surface area contributed by atoms with Crippen LogP contribution in [0, 0.1) is 0 Å². The van der Waals surface area contributed by atoms with Gasteiger partial charge < -0.3 is 4.98 Å². The lowest BCUT2D eigenvalue weighted by Crippen LogP contribution is -1.72. The van der Waals surface area contributed by atoms with E-state index in [-0.39, 0.29) is 0 Å². The summed E-state index contributed by atoms with van der Waals surface area (Å²) in [7, 11) is 0. The van der Waals surface area contributed by atoms with Gasteiger partial charge in [0.25, 0.3) is 0 Å². The Morgan fingerprint density at radius 2 is 2.09 bits per heavy atom. The van der Waals surface area contributed by atoms with Crippen molar-refractivity contribution in [2.24, 2.45) is 0 Å². The van der Waals surface area contributed by atoms with E-state index in [2.05, 4.69) is 41.8 Å². The number of fused-ring (bicyclic) bond motifs is 1. The Morgan fingerprint density at radius 3 is 2.91 bits per heavy atom. The van der Waals surface area contributed by atoms with Crippen molar-refractivity contribution in [1.29, 1.82) is 0 Å². The number of rotatable bonds is 0. The van der Waals surface area contributed by atoms with Crippen LogP contribution in [0.15, 0.2) is 27.4 Å². The summed E-state index contributed by atoms with van der Waals surface area (Å²) in [6.07, 6.45) is 1.68. The molecule has 1 N–H and O–H groups in total. The van der Waals surface area contributed by atoms with Crippen LogP contribution in [-0.2, 0) is 0 Å². The highest BCUT2D eigenvalue weighted by Gasteiger charge is 2.01. The zero-order valence-corrected chi connectivity index (χ0v) is 8.61. The average molecular weight is 276 g/mol. The first-order valence-corrected chi connectivity index (χ1v) is 4.64. The van der Waals surface area contributed by atoms with Crippen LogP contribution in [-0.4, -0.2) is 9.97 Å². The molecule has 2 nitrogen and oxygen atoms in total. The van der Waals surface area contributed by atoms with Gasteiger partial charge in [-0.2, -0.15) is 0 Å². The van der Waals surface area contributed by atoms with Gasteiger partial charge in [-0.15, -0.1) is 0 Å². The summed E-state index contributed by atoms with van der Waals surface area (Å²) in [5.74, 6) is 0. The molecule has 0 aliphatic rings. The molecule has 0 amide bonds. The molecule has 0 aliphatic heterocycles. The number of halogens is 2. The highest BCUT2D eigenvalue weighted by atomic mass is 79.9. The maximum atomic E-state index is 4.14. The van der Waals surface area contributed by atoms with Gasteiger partial charge in [0.1, 0.15) is 5.52 Å². The van der Waals surface area contributed by atoms with Crippen LogP contribution in [0.2, 0.25) is 0 Å². The number of H-pyrrole nitrogens is 1. The monoisotopic (exact) mass is 274 g/mol. The van der Waals surface area contributed by atoms with Crippen LogP contribution in [0.25, 0.3) is 11.0 Å². The van der Waals surface area contributed by atoms with Crippen LogP contribution < -0.4 is 0 Å². The van der Waals surface area contributed by atoms with Crippen molar-refractivity contribution in [3.8, 4) is 0 Å². The lowest BCUT2D eigenvalue weighted by atomic mass is 10.3. The van der Waals surface area contributed by atoms with Gasteiger partial charge in [-0.1, -0.05) is 15.9 Å². The molecule has 0 aliphatic carbocycles. The van der Waals surface area contributed by atoms with Crippen molar-refractivity contribution in [3.05, 3.63) is 27.4 Å². The maximum absolute atomic E-state index is 4.14. The molecule has 1 aromatic heterocycles. The van der Waals surface area contributed by atoms with E-state index in [9.17, 15) is 0 Å². The third-order valence-corrected chi connectivity index (χ3v) is 2.50. The molecule has 1 aromatic carbocycles. The number of benzene rings is 1. The predicted octanol–water partition coefficient (Wildman–Crippen LogP) is 3.09. The van der Waals surface area contributed by atoms with Crippen molar-refractivity contribution >= 4 is 42.9 Å². The fourth-order valence-electron chi connectivity index (χ4n) is 0.974. The molecule has 2 rings (SSSR count). The molecule has 0 radical (unpaired) electrons. The van der Waals surface area contributed by atoms with Gasteiger partial charge in [0.15, 0.2) is 0 Å². The maximum Gasteiger partial charge on any atom is 0.102 e. The lowest BCUT2D eigenvalue weighted by Gasteiger charge is -1.93. The van der Waals surface area contributed by atoms with Crippen molar-refractivity contribution in [2.45, 2.75) is 0 Å². The second kappa shape index (κ2) is 2.60. The Hall–Kier alpha value is -0.350. The molecule has 0 spiro atoms. The molecule has 0 saturated heterocycles. The van der Waals surface area contributed by atoms with Gasteiger partial charge in [-0.05, 0) is 28.1 Å². The summed E-state index contributed by atoms with van der Waals surface area (Å²) in [5, 5.41) is 0. The van der Waals surface area contributed by atoms with E-state index in [0.29, 0.717) is 0 Å². The summed E-state index contributed by atoms with van der Waals surface area (Å²) in [4.78, 5) is 7.17. The molecule has 56 valence electrons. The highest BCUT2D eigenvalue weighted by Crippen LogP contribution is 2.25. The fourth-order valence-corrected chi connectivity index (χ4v) is 2.30. The summed E-state index contributed by atoms with van der Waals surface area (Å²) >= 11 is 6.80. The molecule has 0 fully saturated rings. The topological polar surface area (TPSA) is 28.7 Å². The van der Waals surface area contributed by atoms with Crippen LogP contribution in [0.4, 0.5) is 0 Å². The van der Waals surface area contributed by atoms with Crippen LogP contribution in [0.5, 0.6) is 0 Å². The third-order valence-electron chi connectivity index (χ3n) is 1.44. The summed E-state index contributed by atoms with van der Waals surface area (Å²) < 4.78 is 2.05. The van der Waals surface area contributed by atoms with E-state index in [1.807, 2.05) is 12.1 Å². The highest BCUT2D eigenvalue weighted by molar-refractivity contribution is 9.11. The minimum absolute atomic E-state index is 0.966. The second-order valence-electron chi connectivity index (χ2n) is 2.19. The standard InChI is InChI=1S/C7H4Br2N2/c8-4-1-5(9)7-6(2-4)10-3-11-7/h1-3H,(H,10,11). The van der Waals surface area contributed by atoms with Crippen LogP contribution in [0.1, 0.15) is 0 Å². The molecular formula is C7H4Br2N2. The smallest absolute Gasteiger partial charge is 0.102 e. The number of hydrogen-bond donors (Lipinski definition) is 1. The van der Waals surface area contributed by atoms with Gasteiger partial charge >= 0.3 is 0 Å². The molecule has 2 aromatic rings. The first kappa shape index (κ1) is 7.31. The van der Waals surface area contributed by atoms with Gasteiger partial charge in [-0.25, -0.2) is 4.98 Å². The molecule has 0 bridgehead atoms. The van der Waals surface area contributed by atoms with E-state index >= 15 is 0 Å². The molecular weight excluding hydrogens is 272 g/mol. The number of imidazole rings is 1. The van der Waals surface area contributed by atoms with Crippen molar-refractivity contribution in [3.63, 3.8) is 0 Å². The Kier molecular flexibility index (Phi) is 1.73. The van der Waals surface area contributed by atoms with E-state index in [0.717, 1.165) is 20.0 Å². The minimum Gasteiger partial charge on any atom is -0.345 e. The van der Waals surface area contributed by atoms with Gasteiger partial charge in [0, 0.05) is 8.95 Å². The summed E-state index contributed by atoms with van der Waals surface area (Å²) in [6.45, 7) is 0. The minimum atomic E-state index is 0.966. The van der Waals surface area contributed by atoms with Crippen molar-refractivity contribution in [2.75, 3.05) is 0 Å². The first-order valence-electron chi connectivity index (χ1n) is 3.05. The number of hydrogen-bond acceptors (Lipinski definition) is 1. The lowest BCUT2D eigenvalue weighted by molar-refractivity contribution is 1.34. The van der Waals surface area contributed by atoms with Crippen molar-refractivity contribution in [1.82, 2.24) is 9.97 Å². The molecule has 0 saturated carbocycles. The number of aromatic amines is 1. The zero-order chi connectivity index (χ0) is 7.84. The number of aromatic nitrogens is 2. The zero-order valence-electron chi connectivity index (χ0n) is 5.44. The normalized spacial score (nSPS) is 10.7. The predicted molar refractivity (Wildman–Crippen MR) is 51.5 cm³/mol. The largest absolute Gasteiger partial charge is 0.345 e.